The molecule has 18 heavy (non-hydrogen) atoms. The minimum absolute atomic E-state index is 0.251. The third-order valence-corrected chi connectivity index (χ3v) is 4.95. The van der Waals surface area contributed by atoms with Crippen LogP contribution in [0.15, 0.2) is 11.6 Å². The first-order valence-corrected chi connectivity index (χ1v) is 7.95. The summed E-state index contributed by atoms with van der Waals surface area (Å²) in [5.74, 6) is 0. The first kappa shape index (κ1) is 14.0. The molecule has 1 aliphatic rings. The smallest absolute Gasteiger partial charge is 0.110 e. The van der Waals surface area contributed by atoms with E-state index in [4.69, 9.17) is 0 Å². The van der Waals surface area contributed by atoms with Gasteiger partial charge in [-0.25, -0.2) is 4.98 Å². The highest BCUT2D eigenvalue weighted by molar-refractivity contribution is 7.09. The van der Waals surface area contributed by atoms with Crippen LogP contribution >= 0.6 is 11.3 Å². The lowest BCUT2D eigenvalue weighted by atomic mass is 9.97. The van der Waals surface area contributed by atoms with Crippen molar-refractivity contribution in [2.75, 3.05) is 19.6 Å². The number of thiazole rings is 1. The molecule has 0 bridgehead atoms. The zero-order valence-electron chi connectivity index (χ0n) is 11.8. The Morgan fingerprint density at radius 2 is 2.39 bits per heavy atom. The molecule has 0 aliphatic carbocycles. The standard InChI is InChI=1S/C14H25N3S/c1-4-12(13-15-8-10-18-13)17-9-6-7-16-14(3,5-2)11-17/h8,10,12,16H,4-7,9,11H2,1-3H3. The molecule has 2 rings (SSSR count). The van der Waals surface area contributed by atoms with Crippen LogP contribution in [0.1, 0.15) is 51.1 Å². The van der Waals surface area contributed by atoms with Crippen molar-refractivity contribution in [3.8, 4) is 0 Å². The summed E-state index contributed by atoms with van der Waals surface area (Å²) < 4.78 is 0. The molecule has 0 aromatic carbocycles. The third-order valence-electron chi connectivity index (χ3n) is 4.07. The molecule has 1 fully saturated rings. The maximum Gasteiger partial charge on any atom is 0.110 e. The molecule has 102 valence electrons. The van der Waals surface area contributed by atoms with Gasteiger partial charge in [0.15, 0.2) is 0 Å². The van der Waals surface area contributed by atoms with Crippen LogP contribution in [0.5, 0.6) is 0 Å². The van der Waals surface area contributed by atoms with Crippen LogP contribution in [0.4, 0.5) is 0 Å². The SMILES string of the molecule is CCC(c1nccs1)N1CCCNC(C)(CC)C1. The fraction of sp³-hybridized carbons (Fsp3) is 0.786. The lowest BCUT2D eigenvalue weighted by Crippen LogP contribution is -2.49. The first-order chi connectivity index (χ1) is 8.68. The average molecular weight is 267 g/mol. The molecule has 0 saturated carbocycles. The first-order valence-electron chi connectivity index (χ1n) is 7.07. The topological polar surface area (TPSA) is 28.2 Å². The highest BCUT2D eigenvalue weighted by Gasteiger charge is 2.31. The molecule has 2 unspecified atom stereocenters. The molecule has 4 heteroatoms. The molecule has 0 amide bonds. The second-order valence-corrected chi connectivity index (χ2v) is 6.39. The molecule has 3 nitrogen and oxygen atoms in total. The molecule has 2 heterocycles. The Balaban J connectivity index is 2.14. The van der Waals surface area contributed by atoms with Crippen LogP contribution in [0, 0.1) is 0 Å². The fourth-order valence-corrected chi connectivity index (χ4v) is 3.60. The van der Waals surface area contributed by atoms with Gasteiger partial charge in [-0.1, -0.05) is 13.8 Å². The molecule has 0 spiro atoms. The summed E-state index contributed by atoms with van der Waals surface area (Å²) in [4.78, 5) is 7.15. The monoisotopic (exact) mass is 267 g/mol. The Kier molecular flexibility index (Phi) is 4.76. The number of nitrogens with zero attached hydrogens (tertiary/aromatic N) is 2. The van der Waals surface area contributed by atoms with E-state index in [9.17, 15) is 0 Å². The molecule has 1 saturated heterocycles. The van der Waals surface area contributed by atoms with Crippen LogP contribution in [0.3, 0.4) is 0 Å². The van der Waals surface area contributed by atoms with Gasteiger partial charge in [-0.2, -0.15) is 0 Å². The van der Waals surface area contributed by atoms with Crippen molar-refractivity contribution in [2.45, 2.75) is 51.6 Å². The second kappa shape index (κ2) is 6.13. The predicted octanol–water partition coefficient (Wildman–Crippen LogP) is 3.06. The largest absolute Gasteiger partial charge is 0.310 e. The Bertz CT molecular complexity index is 352. The van der Waals surface area contributed by atoms with E-state index in [0.717, 1.165) is 19.5 Å². The molecule has 1 aromatic heterocycles. The van der Waals surface area contributed by atoms with Gasteiger partial charge in [0.05, 0.1) is 6.04 Å². The predicted molar refractivity (Wildman–Crippen MR) is 78.0 cm³/mol. The molecular formula is C14H25N3S. The Morgan fingerprint density at radius 1 is 1.56 bits per heavy atom. The number of rotatable bonds is 4. The maximum atomic E-state index is 4.52. The maximum absolute atomic E-state index is 4.52. The highest BCUT2D eigenvalue weighted by Crippen LogP contribution is 2.29. The van der Waals surface area contributed by atoms with E-state index >= 15 is 0 Å². The zero-order valence-corrected chi connectivity index (χ0v) is 12.6. The summed E-state index contributed by atoms with van der Waals surface area (Å²) in [6.07, 6.45) is 5.49. The van der Waals surface area contributed by atoms with E-state index in [0.29, 0.717) is 6.04 Å². The normalized spacial score (nSPS) is 27.9. The summed E-state index contributed by atoms with van der Waals surface area (Å²) in [7, 11) is 0. The summed E-state index contributed by atoms with van der Waals surface area (Å²) >= 11 is 1.79. The molecule has 1 aliphatic heterocycles. The highest BCUT2D eigenvalue weighted by atomic mass is 32.1. The van der Waals surface area contributed by atoms with E-state index in [1.165, 1.54) is 24.4 Å². The van der Waals surface area contributed by atoms with Crippen molar-refractivity contribution in [3.05, 3.63) is 16.6 Å². The van der Waals surface area contributed by atoms with Crippen LogP contribution in [-0.2, 0) is 0 Å². The van der Waals surface area contributed by atoms with Crippen molar-refractivity contribution < 1.29 is 0 Å². The van der Waals surface area contributed by atoms with Gasteiger partial charge in [-0.05, 0) is 32.7 Å². The second-order valence-electron chi connectivity index (χ2n) is 5.46. The van der Waals surface area contributed by atoms with E-state index in [-0.39, 0.29) is 5.54 Å². The Morgan fingerprint density at radius 3 is 3.00 bits per heavy atom. The molecule has 0 radical (unpaired) electrons. The van der Waals surface area contributed by atoms with E-state index in [2.05, 4.69) is 41.4 Å². The molecular weight excluding hydrogens is 242 g/mol. The van der Waals surface area contributed by atoms with Gasteiger partial charge in [-0.3, -0.25) is 4.90 Å². The van der Waals surface area contributed by atoms with Crippen molar-refractivity contribution in [3.63, 3.8) is 0 Å². The number of nitrogens with one attached hydrogen (secondary N) is 1. The zero-order chi connectivity index (χ0) is 13.0. The van der Waals surface area contributed by atoms with Crippen molar-refractivity contribution >= 4 is 11.3 Å². The van der Waals surface area contributed by atoms with Gasteiger partial charge in [0.25, 0.3) is 0 Å². The van der Waals surface area contributed by atoms with Crippen LogP contribution in [0.2, 0.25) is 0 Å². The lowest BCUT2D eigenvalue weighted by Gasteiger charge is -2.36. The van der Waals surface area contributed by atoms with Gasteiger partial charge in [-0.15, -0.1) is 11.3 Å². The third kappa shape index (κ3) is 3.11. The number of hydrogen-bond donors (Lipinski definition) is 1. The van der Waals surface area contributed by atoms with E-state index in [1.807, 2.05) is 6.20 Å². The quantitative estimate of drug-likeness (QED) is 0.909. The fourth-order valence-electron chi connectivity index (χ4n) is 2.75. The van der Waals surface area contributed by atoms with E-state index < -0.39 is 0 Å². The summed E-state index contributed by atoms with van der Waals surface area (Å²) in [6, 6.07) is 0.496. The Hall–Kier alpha value is -0.450. The summed E-state index contributed by atoms with van der Waals surface area (Å²) in [6.45, 7) is 10.3. The lowest BCUT2D eigenvalue weighted by molar-refractivity contribution is 0.155. The van der Waals surface area contributed by atoms with Crippen LogP contribution in [0.25, 0.3) is 0 Å². The van der Waals surface area contributed by atoms with Gasteiger partial charge in [0.2, 0.25) is 0 Å². The summed E-state index contributed by atoms with van der Waals surface area (Å²) in [5.41, 5.74) is 0.251. The van der Waals surface area contributed by atoms with Gasteiger partial charge in [0, 0.05) is 30.2 Å². The van der Waals surface area contributed by atoms with Crippen molar-refractivity contribution in [1.29, 1.82) is 0 Å². The molecule has 2 atom stereocenters. The minimum atomic E-state index is 0.251. The number of aromatic nitrogens is 1. The molecule has 1 N–H and O–H groups in total. The van der Waals surface area contributed by atoms with Crippen molar-refractivity contribution in [2.24, 2.45) is 0 Å². The van der Waals surface area contributed by atoms with Crippen LogP contribution < -0.4 is 5.32 Å². The van der Waals surface area contributed by atoms with Gasteiger partial charge >= 0.3 is 0 Å². The Labute approximate surface area is 115 Å². The molecule has 1 aromatic rings. The minimum Gasteiger partial charge on any atom is -0.310 e. The van der Waals surface area contributed by atoms with E-state index in [1.54, 1.807) is 11.3 Å². The average Bonchev–Trinajstić information content (AvgIpc) is 2.82. The van der Waals surface area contributed by atoms with Gasteiger partial charge < -0.3 is 5.32 Å². The summed E-state index contributed by atoms with van der Waals surface area (Å²) in [5, 5.41) is 7.07. The van der Waals surface area contributed by atoms with Gasteiger partial charge in [0.1, 0.15) is 5.01 Å². The number of hydrogen-bond acceptors (Lipinski definition) is 4. The van der Waals surface area contributed by atoms with Crippen LogP contribution in [-0.4, -0.2) is 35.1 Å². The van der Waals surface area contributed by atoms with Crippen molar-refractivity contribution in [1.82, 2.24) is 15.2 Å².